The summed E-state index contributed by atoms with van der Waals surface area (Å²) >= 11 is 6.01. The lowest BCUT2D eigenvalue weighted by atomic mass is 10.0. The molecule has 0 radical (unpaired) electrons. The van der Waals surface area contributed by atoms with Gasteiger partial charge in [0.25, 0.3) is 5.91 Å². The molecular formula is C16H13ClN4O2. The van der Waals surface area contributed by atoms with Crippen molar-refractivity contribution < 1.29 is 9.59 Å². The van der Waals surface area contributed by atoms with Crippen LogP contribution in [-0.2, 0) is 0 Å². The number of nitrogens with two attached hydrogens (primary N) is 2. The van der Waals surface area contributed by atoms with Crippen LogP contribution < -0.4 is 16.8 Å². The van der Waals surface area contributed by atoms with Crippen LogP contribution in [0.25, 0.3) is 22.0 Å². The first-order chi connectivity index (χ1) is 11.0. The van der Waals surface area contributed by atoms with Crippen molar-refractivity contribution in [3.8, 4) is 11.1 Å². The molecule has 0 saturated carbocycles. The van der Waals surface area contributed by atoms with Crippen molar-refractivity contribution in [1.82, 2.24) is 4.98 Å². The van der Waals surface area contributed by atoms with Crippen LogP contribution in [0, 0.1) is 0 Å². The van der Waals surface area contributed by atoms with Gasteiger partial charge < -0.3 is 16.5 Å². The Bertz CT molecular complexity index is 933. The monoisotopic (exact) mass is 328 g/mol. The predicted octanol–water partition coefficient (Wildman–Crippen LogP) is 3.08. The summed E-state index contributed by atoms with van der Waals surface area (Å²) < 4.78 is 0. The molecule has 3 amide bonds. The Morgan fingerprint density at radius 3 is 2.43 bits per heavy atom. The number of benzene rings is 2. The number of anilines is 1. The molecule has 0 fully saturated rings. The second kappa shape index (κ2) is 5.66. The van der Waals surface area contributed by atoms with Crippen molar-refractivity contribution >= 4 is 40.3 Å². The molecule has 23 heavy (non-hydrogen) atoms. The number of carbonyl (C=O) groups is 2. The number of fused-ring (bicyclic) bond motifs is 1. The summed E-state index contributed by atoms with van der Waals surface area (Å²) in [6.07, 6.45) is 0. The Morgan fingerprint density at radius 1 is 1.04 bits per heavy atom. The van der Waals surface area contributed by atoms with E-state index < -0.39 is 11.9 Å². The molecule has 3 aromatic rings. The van der Waals surface area contributed by atoms with E-state index in [1.807, 2.05) is 30.3 Å². The molecule has 2 aromatic carbocycles. The maximum Gasteiger partial charge on any atom is 0.317 e. The van der Waals surface area contributed by atoms with Crippen LogP contribution in [0.2, 0.25) is 5.02 Å². The van der Waals surface area contributed by atoms with E-state index in [-0.39, 0.29) is 11.4 Å². The number of carbonyl (C=O) groups excluding carboxylic acids is 2. The summed E-state index contributed by atoms with van der Waals surface area (Å²) in [4.78, 5) is 25.7. The Morgan fingerprint density at radius 2 is 1.78 bits per heavy atom. The number of H-pyrrole nitrogens is 1. The van der Waals surface area contributed by atoms with Crippen LogP contribution in [0.1, 0.15) is 10.4 Å². The lowest BCUT2D eigenvalue weighted by Gasteiger charge is -2.03. The standard InChI is InChI=1S/C16H13ClN4O2/c17-10-3-1-2-8(6-10)9-4-5-11-12(7-9)20-15(21-16(19)23)13(11)14(18)22/h1-7,20H,(H2,18,22)(H3,19,21,23). The third kappa shape index (κ3) is 2.84. The van der Waals surface area contributed by atoms with E-state index >= 15 is 0 Å². The first kappa shape index (κ1) is 14.9. The van der Waals surface area contributed by atoms with E-state index in [0.717, 1.165) is 11.1 Å². The van der Waals surface area contributed by atoms with E-state index in [4.69, 9.17) is 23.1 Å². The lowest BCUT2D eigenvalue weighted by molar-refractivity contribution is 0.100. The van der Waals surface area contributed by atoms with Crippen molar-refractivity contribution in [1.29, 1.82) is 0 Å². The molecule has 6 N–H and O–H groups in total. The summed E-state index contributed by atoms with van der Waals surface area (Å²) in [7, 11) is 0. The minimum absolute atomic E-state index is 0.184. The van der Waals surface area contributed by atoms with Crippen molar-refractivity contribution in [2.24, 2.45) is 11.5 Å². The third-order valence-electron chi connectivity index (χ3n) is 3.45. The highest BCUT2D eigenvalue weighted by Gasteiger charge is 2.17. The topological polar surface area (TPSA) is 114 Å². The summed E-state index contributed by atoms with van der Waals surface area (Å²) in [5.74, 6) is -0.473. The zero-order chi connectivity index (χ0) is 16.6. The van der Waals surface area contributed by atoms with Crippen molar-refractivity contribution in [2.75, 3.05) is 5.32 Å². The number of primary amides is 2. The van der Waals surface area contributed by atoms with Gasteiger partial charge in [-0.25, -0.2) is 4.79 Å². The molecular weight excluding hydrogens is 316 g/mol. The summed E-state index contributed by atoms with van der Waals surface area (Å²) in [6.45, 7) is 0. The van der Waals surface area contributed by atoms with Crippen molar-refractivity contribution in [2.45, 2.75) is 0 Å². The van der Waals surface area contributed by atoms with Crippen LogP contribution in [0.4, 0.5) is 10.6 Å². The zero-order valence-corrected chi connectivity index (χ0v) is 12.6. The SMILES string of the molecule is NC(=O)Nc1[nH]c2cc(-c3cccc(Cl)c3)ccc2c1C(N)=O. The molecule has 3 rings (SSSR count). The number of hydrogen-bond acceptors (Lipinski definition) is 2. The van der Waals surface area contributed by atoms with Crippen molar-refractivity contribution in [3.63, 3.8) is 0 Å². The van der Waals surface area contributed by atoms with Crippen LogP contribution in [0.5, 0.6) is 0 Å². The number of nitrogens with one attached hydrogen (secondary N) is 2. The molecule has 0 atom stereocenters. The predicted molar refractivity (Wildman–Crippen MR) is 90.5 cm³/mol. The number of aromatic nitrogens is 1. The molecule has 7 heteroatoms. The van der Waals surface area contributed by atoms with Gasteiger partial charge in [-0.2, -0.15) is 0 Å². The van der Waals surface area contributed by atoms with Gasteiger partial charge in [0, 0.05) is 15.9 Å². The van der Waals surface area contributed by atoms with Gasteiger partial charge in [0.2, 0.25) is 0 Å². The Hall–Kier alpha value is -2.99. The average molecular weight is 329 g/mol. The molecule has 6 nitrogen and oxygen atoms in total. The molecule has 0 unspecified atom stereocenters. The number of aromatic amines is 1. The molecule has 1 heterocycles. The smallest absolute Gasteiger partial charge is 0.317 e. The average Bonchev–Trinajstić information content (AvgIpc) is 2.83. The maximum absolute atomic E-state index is 11.7. The molecule has 0 aliphatic heterocycles. The minimum atomic E-state index is -0.783. The fourth-order valence-corrected chi connectivity index (χ4v) is 2.71. The van der Waals surface area contributed by atoms with Gasteiger partial charge in [0.15, 0.2) is 0 Å². The largest absolute Gasteiger partial charge is 0.365 e. The summed E-state index contributed by atoms with van der Waals surface area (Å²) in [6, 6.07) is 12.1. The number of halogens is 1. The Kier molecular flexibility index (Phi) is 3.67. The molecule has 0 saturated heterocycles. The second-order valence-corrected chi connectivity index (χ2v) is 5.44. The van der Waals surface area contributed by atoms with Gasteiger partial charge >= 0.3 is 6.03 Å². The van der Waals surface area contributed by atoms with Crippen LogP contribution >= 0.6 is 11.6 Å². The van der Waals surface area contributed by atoms with Gasteiger partial charge in [0.05, 0.1) is 5.56 Å². The summed E-state index contributed by atoms with van der Waals surface area (Å²) in [5, 5.41) is 3.61. The number of amides is 3. The zero-order valence-electron chi connectivity index (χ0n) is 11.9. The Balaban J connectivity index is 2.17. The van der Waals surface area contributed by atoms with Crippen molar-refractivity contribution in [3.05, 3.63) is 53.1 Å². The maximum atomic E-state index is 11.7. The fourth-order valence-electron chi connectivity index (χ4n) is 2.52. The number of urea groups is 1. The third-order valence-corrected chi connectivity index (χ3v) is 3.69. The quantitative estimate of drug-likeness (QED) is 0.591. The molecule has 1 aromatic heterocycles. The first-order valence-corrected chi connectivity index (χ1v) is 7.11. The van der Waals surface area contributed by atoms with Crippen LogP contribution in [0.15, 0.2) is 42.5 Å². The molecule has 116 valence electrons. The molecule has 0 bridgehead atoms. The fraction of sp³-hybridized carbons (Fsp3) is 0. The van der Waals surface area contributed by atoms with Gasteiger partial charge in [-0.3, -0.25) is 10.1 Å². The lowest BCUT2D eigenvalue weighted by Crippen LogP contribution is -2.22. The van der Waals surface area contributed by atoms with Gasteiger partial charge in [0.1, 0.15) is 5.82 Å². The van der Waals surface area contributed by atoms with E-state index in [2.05, 4.69) is 10.3 Å². The van der Waals surface area contributed by atoms with Gasteiger partial charge in [-0.15, -0.1) is 0 Å². The highest BCUT2D eigenvalue weighted by molar-refractivity contribution is 6.30. The normalized spacial score (nSPS) is 10.7. The highest BCUT2D eigenvalue weighted by Crippen LogP contribution is 2.31. The Labute approximate surface area is 136 Å². The number of hydrogen-bond donors (Lipinski definition) is 4. The minimum Gasteiger partial charge on any atom is -0.365 e. The molecule has 0 aliphatic carbocycles. The number of rotatable bonds is 3. The highest BCUT2D eigenvalue weighted by atomic mass is 35.5. The second-order valence-electron chi connectivity index (χ2n) is 5.00. The van der Waals surface area contributed by atoms with E-state index in [0.29, 0.717) is 15.9 Å². The summed E-state index contributed by atoms with van der Waals surface area (Å²) in [5.41, 5.74) is 13.2. The van der Waals surface area contributed by atoms with E-state index in [1.54, 1.807) is 12.1 Å². The van der Waals surface area contributed by atoms with Crippen LogP contribution in [-0.4, -0.2) is 16.9 Å². The molecule has 0 aliphatic rings. The molecule has 0 spiro atoms. The van der Waals surface area contributed by atoms with Crippen LogP contribution in [0.3, 0.4) is 0 Å². The first-order valence-electron chi connectivity index (χ1n) is 6.73. The van der Waals surface area contributed by atoms with E-state index in [9.17, 15) is 9.59 Å². The van der Waals surface area contributed by atoms with E-state index in [1.165, 1.54) is 0 Å². The van der Waals surface area contributed by atoms with Gasteiger partial charge in [-0.05, 0) is 29.3 Å². The van der Waals surface area contributed by atoms with Gasteiger partial charge in [-0.1, -0.05) is 35.9 Å².